The highest BCUT2D eigenvalue weighted by molar-refractivity contribution is 7.19. The number of aliphatic hydroxyl groups is 1. The molecular weight excluding hydrogens is 250 g/mol. The molecule has 3 aromatic rings. The van der Waals surface area contributed by atoms with Crippen molar-refractivity contribution in [3.8, 4) is 10.6 Å². The smallest absolute Gasteiger partial charge is 0.124 e. The molecule has 0 saturated heterocycles. The Morgan fingerprint density at radius 1 is 1.24 bits per heavy atom. The third-order valence-corrected chi connectivity index (χ3v) is 4.68. The quantitative estimate of drug-likeness (QED) is 0.782. The maximum atomic E-state index is 8.91. The Hall–Kier alpha value is -1.23. The molecule has 0 spiro atoms. The number of aromatic nitrogens is 1. The molecule has 1 aromatic carbocycles. The first-order chi connectivity index (χ1) is 8.38. The molecule has 0 aliphatic rings. The van der Waals surface area contributed by atoms with E-state index in [9.17, 15) is 0 Å². The third kappa shape index (κ3) is 1.99. The number of aliphatic hydroxyl groups excluding tert-OH is 1. The molecule has 0 radical (unpaired) electrons. The van der Waals surface area contributed by atoms with Crippen LogP contribution < -0.4 is 0 Å². The fraction of sp³-hybridized carbons (Fsp3) is 0.154. The molecule has 4 heteroatoms. The summed E-state index contributed by atoms with van der Waals surface area (Å²) in [6.07, 6.45) is 2.56. The van der Waals surface area contributed by atoms with Gasteiger partial charge in [-0.3, -0.25) is 0 Å². The summed E-state index contributed by atoms with van der Waals surface area (Å²) in [5.41, 5.74) is 1.21. The van der Waals surface area contributed by atoms with Gasteiger partial charge in [0.1, 0.15) is 5.01 Å². The molecule has 0 atom stereocenters. The Labute approximate surface area is 107 Å². The van der Waals surface area contributed by atoms with E-state index in [1.54, 1.807) is 22.7 Å². The number of nitrogens with zero attached hydrogens (tertiary/aromatic N) is 1. The average Bonchev–Trinajstić information content (AvgIpc) is 2.95. The van der Waals surface area contributed by atoms with Crippen molar-refractivity contribution < 1.29 is 5.11 Å². The van der Waals surface area contributed by atoms with Crippen molar-refractivity contribution in [1.82, 2.24) is 4.98 Å². The van der Waals surface area contributed by atoms with Crippen LogP contribution in [0.5, 0.6) is 0 Å². The molecule has 3 rings (SSSR count). The van der Waals surface area contributed by atoms with Crippen LogP contribution in [-0.4, -0.2) is 16.7 Å². The zero-order valence-corrected chi connectivity index (χ0v) is 10.7. The number of thiazole rings is 1. The van der Waals surface area contributed by atoms with Crippen molar-refractivity contribution in [2.75, 3.05) is 6.61 Å². The first-order valence-corrected chi connectivity index (χ1v) is 7.10. The molecular formula is C13H11NOS2. The molecule has 1 N–H and O–H groups in total. The zero-order valence-electron chi connectivity index (χ0n) is 9.09. The van der Waals surface area contributed by atoms with Gasteiger partial charge in [0, 0.05) is 45.1 Å². The fourth-order valence-electron chi connectivity index (χ4n) is 1.80. The molecule has 0 fully saturated rings. The molecule has 0 unspecified atom stereocenters. The van der Waals surface area contributed by atoms with Crippen molar-refractivity contribution >= 4 is 32.8 Å². The predicted molar refractivity (Wildman–Crippen MR) is 73.7 cm³/mol. The maximum Gasteiger partial charge on any atom is 0.124 e. The minimum absolute atomic E-state index is 0.187. The highest BCUT2D eigenvalue weighted by Crippen LogP contribution is 2.35. The van der Waals surface area contributed by atoms with Crippen LogP contribution in [0.25, 0.3) is 20.7 Å². The molecule has 2 aromatic heterocycles. The number of benzene rings is 1. The van der Waals surface area contributed by atoms with Gasteiger partial charge in [-0.05, 0) is 6.07 Å². The van der Waals surface area contributed by atoms with Gasteiger partial charge in [-0.2, -0.15) is 0 Å². The van der Waals surface area contributed by atoms with Crippen LogP contribution in [0.1, 0.15) is 4.88 Å². The van der Waals surface area contributed by atoms with Crippen LogP contribution in [0.2, 0.25) is 0 Å². The Balaban J connectivity index is 2.07. The van der Waals surface area contributed by atoms with E-state index in [2.05, 4.69) is 34.6 Å². The summed E-state index contributed by atoms with van der Waals surface area (Å²) in [5, 5.41) is 13.4. The van der Waals surface area contributed by atoms with Crippen molar-refractivity contribution in [3.05, 3.63) is 40.7 Å². The highest BCUT2D eigenvalue weighted by Gasteiger charge is 2.09. The Morgan fingerprint density at radius 3 is 3.00 bits per heavy atom. The molecule has 0 bridgehead atoms. The molecule has 0 aliphatic heterocycles. The monoisotopic (exact) mass is 261 g/mol. The van der Waals surface area contributed by atoms with E-state index in [0.717, 1.165) is 9.88 Å². The highest BCUT2D eigenvalue weighted by atomic mass is 32.1. The van der Waals surface area contributed by atoms with Crippen LogP contribution in [0.15, 0.2) is 35.8 Å². The Kier molecular flexibility index (Phi) is 2.93. The van der Waals surface area contributed by atoms with Crippen LogP contribution in [0.4, 0.5) is 0 Å². The van der Waals surface area contributed by atoms with E-state index in [1.807, 2.05) is 6.20 Å². The molecule has 0 saturated carbocycles. The summed E-state index contributed by atoms with van der Waals surface area (Å²) in [6.45, 7) is 0.187. The second kappa shape index (κ2) is 4.56. The van der Waals surface area contributed by atoms with Gasteiger partial charge in [0.05, 0.1) is 0 Å². The van der Waals surface area contributed by atoms with Crippen LogP contribution >= 0.6 is 22.7 Å². The summed E-state index contributed by atoms with van der Waals surface area (Å²) in [4.78, 5) is 5.58. The third-order valence-electron chi connectivity index (χ3n) is 2.62. The summed E-state index contributed by atoms with van der Waals surface area (Å²) >= 11 is 3.41. The molecule has 2 heterocycles. The van der Waals surface area contributed by atoms with Crippen LogP contribution in [-0.2, 0) is 6.42 Å². The van der Waals surface area contributed by atoms with Gasteiger partial charge >= 0.3 is 0 Å². The van der Waals surface area contributed by atoms with E-state index in [0.29, 0.717) is 6.42 Å². The van der Waals surface area contributed by atoms with Crippen molar-refractivity contribution in [2.45, 2.75) is 6.42 Å². The minimum Gasteiger partial charge on any atom is -0.396 e. The fourth-order valence-corrected chi connectivity index (χ4v) is 3.75. The Bertz CT molecular complexity index is 641. The lowest BCUT2D eigenvalue weighted by atomic mass is 10.2. The van der Waals surface area contributed by atoms with E-state index in [1.165, 1.54) is 15.6 Å². The largest absolute Gasteiger partial charge is 0.396 e. The van der Waals surface area contributed by atoms with Gasteiger partial charge in [-0.15, -0.1) is 22.7 Å². The van der Waals surface area contributed by atoms with Gasteiger partial charge in [0.15, 0.2) is 0 Å². The van der Waals surface area contributed by atoms with Gasteiger partial charge in [-0.25, -0.2) is 4.98 Å². The van der Waals surface area contributed by atoms with E-state index in [-0.39, 0.29) is 6.61 Å². The van der Waals surface area contributed by atoms with E-state index in [4.69, 9.17) is 5.11 Å². The normalized spacial score (nSPS) is 11.1. The zero-order chi connectivity index (χ0) is 11.7. The van der Waals surface area contributed by atoms with Gasteiger partial charge in [0.2, 0.25) is 0 Å². The second-order valence-corrected chi connectivity index (χ2v) is 5.78. The predicted octanol–water partition coefficient (Wildman–Crippen LogP) is 3.56. The van der Waals surface area contributed by atoms with Gasteiger partial charge in [0.25, 0.3) is 0 Å². The maximum absolute atomic E-state index is 8.91. The van der Waals surface area contributed by atoms with Gasteiger partial charge in [-0.1, -0.05) is 18.2 Å². The van der Waals surface area contributed by atoms with Crippen molar-refractivity contribution in [2.24, 2.45) is 0 Å². The first kappa shape index (κ1) is 10.9. The Morgan fingerprint density at radius 2 is 2.12 bits per heavy atom. The summed E-state index contributed by atoms with van der Waals surface area (Å²) < 4.78 is 1.29. The molecule has 86 valence electrons. The van der Waals surface area contributed by atoms with Crippen LogP contribution in [0, 0.1) is 0 Å². The van der Waals surface area contributed by atoms with Crippen LogP contribution in [0.3, 0.4) is 0 Å². The van der Waals surface area contributed by atoms with Crippen molar-refractivity contribution in [1.29, 1.82) is 0 Å². The van der Waals surface area contributed by atoms with E-state index >= 15 is 0 Å². The number of hydrogen-bond acceptors (Lipinski definition) is 4. The van der Waals surface area contributed by atoms with E-state index < -0.39 is 0 Å². The molecule has 2 nitrogen and oxygen atoms in total. The number of thiophene rings is 1. The summed E-state index contributed by atoms with van der Waals surface area (Å²) in [7, 11) is 0. The molecule has 0 amide bonds. The molecule has 17 heavy (non-hydrogen) atoms. The number of fused-ring (bicyclic) bond motifs is 1. The summed E-state index contributed by atoms with van der Waals surface area (Å²) in [6, 6.07) is 8.38. The SMILES string of the molecule is OCCc1cnc(-c2csc3ccccc23)s1. The van der Waals surface area contributed by atoms with Crippen molar-refractivity contribution in [3.63, 3.8) is 0 Å². The average molecular weight is 261 g/mol. The number of rotatable bonds is 3. The standard InChI is InChI=1S/C13H11NOS2/c15-6-5-9-7-14-13(17-9)11-8-16-12-4-2-1-3-10(11)12/h1-4,7-8,15H,5-6H2. The lowest BCUT2D eigenvalue weighted by molar-refractivity contribution is 0.300. The van der Waals surface area contributed by atoms with Gasteiger partial charge < -0.3 is 5.11 Å². The second-order valence-electron chi connectivity index (χ2n) is 3.75. The lowest BCUT2D eigenvalue weighted by Gasteiger charge is -1.93. The number of hydrogen-bond donors (Lipinski definition) is 1. The topological polar surface area (TPSA) is 33.1 Å². The molecule has 0 aliphatic carbocycles. The summed E-state index contributed by atoms with van der Waals surface area (Å²) in [5.74, 6) is 0. The first-order valence-electron chi connectivity index (χ1n) is 5.40. The lowest BCUT2D eigenvalue weighted by Crippen LogP contribution is -1.84. The minimum atomic E-state index is 0.187.